The van der Waals surface area contributed by atoms with Crippen LogP contribution in [0, 0.1) is 0 Å². The molecule has 3 aromatic carbocycles. The van der Waals surface area contributed by atoms with Crippen molar-refractivity contribution in [2.24, 2.45) is 10.8 Å². The van der Waals surface area contributed by atoms with Gasteiger partial charge >= 0.3 is 0 Å². The molecular weight excluding hydrogens is 453 g/mol. The van der Waals surface area contributed by atoms with Crippen LogP contribution < -0.4 is 20.6 Å². The molecule has 0 radical (unpaired) electrons. The minimum Gasteiger partial charge on any atom is -0.496 e. The van der Waals surface area contributed by atoms with Gasteiger partial charge in [-0.15, -0.1) is 0 Å². The summed E-state index contributed by atoms with van der Waals surface area (Å²) in [6.07, 6.45) is 1.48. The fourth-order valence-electron chi connectivity index (χ4n) is 2.81. The van der Waals surface area contributed by atoms with Crippen LogP contribution in [0.2, 0.25) is 10.0 Å². The van der Waals surface area contributed by atoms with Crippen molar-refractivity contribution < 1.29 is 19.1 Å². The summed E-state index contributed by atoms with van der Waals surface area (Å²) >= 11 is 11.8. The van der Waals surface area contributed by atoms with Crippen molar-refractivity contribution in [1.29, 1.82) is 0 Å². The second-order valence-corrected chi connectivity index (χ2v) is 7.36. The summed E-state index contributed by atoms with van der Waals surface area (Å²) in [5.74, 6) is -0.0420. The van der Waals surface area contributed by atoms with E-state index in [1.54, 1.807) is 55.6 Å². The highest BCUT2D eigenvalue weighted by atomic mass is 35.5. The van der Waals surface area contributed by atoms with E-state index in [-0.39, 0.29) is 17.2 Å². The summed E-state index contributed by atoms with van der Waals surface area (Å²) in [7, 11) is 1.54. The fourth-order valence-corrected chi connectivity index (χ4v) is 3.11. The van der Waals surface area contributed by atoms with Gasteiger partial charge in [0.1, 0.15) is 18.1 Å². The predicted molar refractivity (Wildman–Crippen MR) is 124 cm³/mol. The number of hydrogen-bond donors (Lipinski definition) is 2. The minimum absolute atomic E-state index is 0.130. The number of nitrogens with zero attached hydrogens (tertiary/aromatic N) is 1. The van der Waals surface area contributed by atoms with Gasteiger partial charge in [-0.05, 0) is 54.1 Å². The van der Waals surface area contributed by atoms with Gasteiger partial charge < -0.3 is 15.2 Å². The number of hydrazone groups is 1. The summed E-state index contributed by atoms with van der Waals surface area (Å²) in [5.41, 5.74) is 9.85. The molecular formula is C23H19Cl2N3O4. The van der Waals surface area contributed by atoms with Crippen molar-refractivity contribution in [2.75, 3.05) is 7.11 Å². The van der Waals surface area contributed by atoms with E-state index in [0.717, 1.165) is 0 Å². The standard InChI is InChI=1S/C23H19Cl2N3O4/c1-31-20-9-6-14(12-27-28-23(30)15-7-8-18(24)19(25)11-15)10-16(20)13-32-21-5-3-2-4-17(21)22(26)29/h2-12H,13H2,1H3,(H2,26,29)(H,28,30)/b27-12+. The average molecular weight is 472 g/mol. The molecule has 3 rings (SSSR count). The van der Waals surface area contributed by atoms with E-state index >= 15 is 0 Å². The molecule has 0 saturated heterocycles. The van der Waals surface area contributed by atoms with Crippen molar-refractivity contribution >= 4 is 41.2 Å². The van der Waals surface area contributed by atoms with Crippen LogP contribution in [0.25, 0.3) is 0 Å². The molecule has 0 saturated carbocycles. The molecule has 0 aromatic heterocycles. The zero-order valence-electron chi connectivity index (χ0n) is 17.0. The van der Waals surface area contributed by atoms with Gasteiger partial charge in [-0.25, -0.2) is 5.43 Å². The first-order valence-corrected chi connectivity index (χ1v) is 10.1. The number of ether oxygens (including phenoxy) is 2. The van der Waals surface area contributed by atoms with Crippen molar-refractivity contribution in [3.63, 3.8) is 0 Å². The van der Waals surface area contributed by atoms with Crippen LogP contribution in [-0.4, -0.2) is 25.1 Å². The number of benzene rings is 3. The second-order valence-electron chi connectivity index (χ2n) is 6.55. The molecule has 0 spiro atoms. The Hall–Kier alpha value is -3.55. The minimum atomic E-state index is -0.578. The molecule has 9 heteroatoms. The number of para-hydroxylation sites is 1. The van der Waals surface area contributed by atoms with Crippen LogP contribution in [0.15, 0.2) is 65.8 Å². The maximum Gasteiger partial charge on any atom is 0.271 e. The molecule has 0 aliphatic carbocycles. The Balaban J connectivity index is 1.71. The maximum atomic E-state index is 12.2. The van der Waals surface area contributed by atoms with Crippen molar-refractivity contribution in [1.82, 2.24) is 5.43 Å². The number of amides is 2. The lowest BCUT2D eigenvalue weighted by molar-refractivity contribution is 0.0953. The van der Waals surface area contributed by atoms with E-state index in [1.165, 1.54) is 18.3 Å². The van der Waals surface area contributed by atoms with Crippen LogP contribution in [0.1, 0.15) is 31.8 Å². The molecule has 0 heterocycles. The third kappa shape index (κ3) is 5.78. The Labute approximate surface area is 194 Å². The van der Waals surface area contributed by atoms with Gasteiger partial charge in [-0.1, -0.05) is 35.3 Å². The van der Waals surface area contributed by atoms with Gasteiger partial charge in [0.25, 0.3) is 11.8 Å². The molecule has 3 N–H and O–H groups in total. The van der Waals surface area contributed by atoms with E-state index in [2.05, 4.69) is 10.5 Å². The molecule has 0 atom stereocenters. The van der Waals surface area contributed by atoms with Gasteiger partial charge in [-0.2, -0.15) is 5.10 Å². The van der Waals surface area contributed by atoms with Gasteiger partial charge in [0.2, 0.25) is 0 Å². The quantitative estimate of drug-likeness (QED) is 0.374. The molecule has 0 bridgehead atoms. The molecule has 2 amide bonds. The maximum absolute atomic E-state index is 12.2. The van der Waals surface area contributed by atoms with Gasteiger partial charge in [0, 0.05) is 11.1 Å². The fraction of sp³-hybridized carbons (Fsp3) is 0.0870. The number of carbonyl (C=O) groups is 2. The molecule has 0 aliphatic rings. The van der Waals surface area contributed by atoms with E-state index in [0.29, 0.717) is 33.2 Å². The number of rotatable bonds is 8. The number of primary amides is 1. The predicted octanol–water partition coefficient (Wildman–Crippen LogP) is 4.44. The van der Waals surface area contributed by atoms with E-state index in [4.69, 9.17) is 38.4 Å². The first kappa shape index (κ1) is 23.1. The normalized spacial score (nSPS) is 10.7. The highest BCUT2D eigenvalue weighted by molar-refractivity contribution is 6.42. The zero-order chi connectivity index (χ0) is 23.1. The van der Waals surface area contributed by atoms with Gasteiger partial charge in [0.05, 0.1) is 28.9 Å². The number of methoxy groups -OCH3 is 1. The summed E-state index contributed by atoms with van der Waals surface area (Å²) < 4.78 is 11.2. The Kier molecular flexibility index (Phi) is 7.70. The topological polar surface area (TPSA) is 103 Å². The highest BCUT2D eigenvalue weighted by Gasteiger charge is 2.11. The number of nitrogens with two attached hydrogens (primary N) is 1. The van der Waals surface area contributed by atoms with Crippen LogP contribution in [0.5, 0.6) is 11.5 Å². The van der Waals surface area contributed by atoms with Crippen LogP contribution >= 0.6 is 23.2 Å². The zero-order valence-corrected chi connectivity index (χ0v) is 18.5. The number of carbonyl (C=O) groups excluding carboxylic acids is 2. The largest absolute Gasteiger partial charge is 0.496 e. The van der Waals surface area contributed by atoms with E-state index in [9.17, 15) is 9.59 Å². The molecule has 164 valence electrons. The smallest absolute Gasteiger partial charge is 0.271 e. The number of halogens is 2. The lowest BCUT2D eigenvalue weighted by atomic mass is 10.1. The highest BCUT2D eigenvalue weighted by Crippen LogP contribution is 2.24. The van der Waals surface area contributed by atoms with Gasteiger partial charge in [-0.3, -0.25) is 9.59 Å². The summed E-state index contributed by atoms with van der Waals surface area (Å²) in [6.45, 7) is 0.130. The van der Waals surface area contributed by atoms with Crippen molar-refractivity contribution in [2.45, 2.75) is 6.61 Å². The van der Waals surface area contributed by atoms with Crippen LogP contribution in [0.4, 0.5) is 0 Å². The van der Waals surface area contributed by atoms with E-state index < -0.39 is 11.8 Å². The van der Waals surface area contributed by atoms with E-state index in [1.807, 2.05) is 0 Å². The first-order chi connectivity index (χ1) is 15.4. The Morgan fingerprint density at radius 1 is 1.03 bits per heavy atom. The molecule has 0 unspecified atom stereocenters. The Morgan fingerprint density at radius 2 is 1.81 bits per heavy atom. The third-order valence-corrected chi connectivity index (χ3v) is 5.14. The lowest BCUT2D eigenvalue weighted by Gasteiger charge is -2.12. The summed E-state index contributed by atoms with van der Waals surface area (Å²) in [6, 6.07) is 16.6. The van der Waals surface area contributed by atoms with Crippen molar-refractivity contribution in [3.8, 4) is 11.5 Å². The average Bonchev–Trinajstić information content (AvgIpc) is 2.79. The van der Waals surface area contributed by atoms with Crippen molar-refractivity contribution in [3.05, 3.63) is 93.0 Å². The summed E-state index contributed by atoms with van der Waals surface area (Å²) in [5, 5.41) is 4.62. The SMILES string of the molecule is COc1ccc(/C=N/NC(=O)c2ccc(Cl)c(Cl)c2)cc1COc1ccccc1C(N)=O. The monoisotopic (exact) mass is 471 g/mol. The summed E-state index contributed by atoms with van der Waals surface area (Å²) in [4.78, 5) is 23.8. The molecule has 0 fully saturated rings. The van der Waals surface area contributed by atoms with Gasteiger partial charge in [0.15, 0.2) is 0 Å². The Morgan fingerprint density at radius 3 is 2.53 bits per heavy atom. The first-order valence-electron chi connectivity index (χ1n) is 9.36. The van der Waals surface area contributed by atoms with Crippen LogP contribution in [0.3, 0.4) is 0 Å². The molecule has 7 nitrogen and oxygen atoms in total. The Bertz CT molecular complexity index is 1180. The number of hydrogen-bond acceptors (Lipinski definition) is 5. The third-order valence-electron chi connectivity index (χ3n) is 4.40. The molecule has 0 aliphatic heterocycles. The number of nitrogens with one attached hydrogen (secondary N) is 1. The molecule has 3 aromatic rings. The second kappa shape index (κ2) is 10.7. The van der Waals surface area contributed by atoms with Crippen LogP contribution in [-0.2, 0) is 6.61 Å². The lowest BCUT2D eigenvalue weighted by Crippen LogP contribution is -2.17. The molecule has 32 heavy (non-hydrogen) atoms.